The van der Waals surface area contributed by atoms with Gasteiger partial charge in [0, 0.05) is 0 Å². The van der Waals surface area contributed by atoms with Gasteiger partial charge in [-0.05, 0) is 6.92 Å². The lowest BCUT2D eigenvalue weighted by atomic mass is 10.6. The van der Waals surface area contributed by atoms with Gasteiger partial charge in [-0.1, -0.05) is 0 Å². The first-order valence-corrected chi connectivity index (χ1v) is 6.38. The Labute approximate surface area is 113 Å². The standard InChI is InChI=1S/C12H24O7/c1-2-19-12(14)11-18-10-9-17-8-7-16-6-5-15-4-3-13/h13H,2-11H2,1H3. The van der Waals surface area contributed by atoms with Crippen LogP contribution in [0.1, 0.15) is 6.92 Å². The SMILES string of the molecule is CCOC(=O)COCCOCCOCCOCCO. The summed E-state index contributed by atoms with van der Waals surface area (Å²) in [6.07, 6.45) is 0. The molecular formula is C12H24O7. The molecule has 0 aromatic rings. The summed E-state index contributed by atoms with van der Waals surface area (Å²) in [7, 11) is 0. The van der Waals surface area contributed by atoms with Crippen molar-refractivity contribution in [1.29, 1.82) is 0 Å². The summed E-state index contributed by atoms with van der Waals surface area (Å²) in [5.41, 5.74) is 0. The van der Waals surface area contributed by atoms with Gasteiger partial charge in [0.15, 0.2) is 0 Å². The Morgan fingerprint density at radius 1 is 0.842 bits per heavy atom. The molecule has 0 radical (unpaired) electrons. The summed E-state index contributed by atoms with van der Waals surface area (Å²) in [6.45, 7) is 5.04. The molecule has 1 N–H and O–H groups in total. The van der Waals surface area contributed by atoms with E-state index in [9.17, 15) is 4.79 Å². The second-order valence-corrected chi connectivity index (χ2v) is 3.42. The average molecular weight is 280 g/mol. The molecule has 0 fully saturated rings. The molecule has 19 heavy (non-hydrogen) atoms. The van der Waals surface area contributed by atoms with Gasteiger partial charge >= 0.3 is 5.97 Å². The molecule has 0 aromatic carbocycles. The fourth-order valence-corrected chi connectivity index (χ4v) is 1.08. The van der Waals surface area contributed by atoms with Crippen LogP contribution >= 0.6 is 0 Å². The third kappa shape index (κ3) is 15.2. The minimum absolute atomic E-state index is 0.0227. The summed E-state index contributed by atoms with van der Waals surface area (Å²) < 4.78 is 25.2. The number of aliphatic hydroxyl groups excluding tert-OH is 1. The maximum absolute atomic E-state index is 10.9. The van der Waals surface area contributed by atoms with Gasteiger partial charge in [0.25, 0.3) is 0 Å². The van der Waals surface area contributed by atoms with Crippen molar-refractivity contribution in [1.82, 2.24) is 0 Å². The van der Waals surface area contributed by atoms with Crippen LogP contribution in [0.2, 0.25) is 0 Å². The molecule has 0 aliphatic heterocycles. The maximum atomic E-state index is 10.9. The molecule has 0 saturated carbocycles. The topological polar surface area (TPSA) is 83.5 Å². The summed E-state index contributed by atoms with van der Waals surface area (Å²) in [5, 5.41) is 8.45. The lowest BCUT2D eigenvalue weighted by Gasteiger charge is -2.07. The Morgan fingerprint density at radius 2 is 1.32 bits per heavy atom. The predicted molar refractivity (Wildman–Crippen MR) is 67.0 cm³/mol. The monoisotopic (exact) mass is 280 g/mol. The maximum Gasteiger partial charge on any atom is 0.332 e. The van der Waals surface area contributed by atoms with Crippen LogP contribution in [0.4, 0.5) is 0 Å². The van der Waals surface area contributed by atoms with Crippen LogP contribution in [-0.2, 0) is 28.5 Å². The average Bonchev–Trinajstić information content (AvgIpc) is 2.40. The lowest BCUT2D eigenvalue weighted by molar-refractivity contribution is -0.149. The Hall–Kier alpha value is -0.730. The van der Waals surface area contributed by atoms with E-state index in [0.29, 0.717) is 52.9 Å². The number of ether oxygens (including phenoxy) is 5. The van der Waals surface area contributed by atoms with E-state index in [1.165, 1.54) is 0 Å². The molecule has 0 aliphatic rings. The molecule has 0 aromatic heterocycles. The van der Waals surface area contributed by atoms with Gasteiger partial charge < -0.3 is 28.8 Å². The summed E-state index contributed by atoms with van der Waals surface area (Å²) >= 11 is 0. The molecule has 0 bridgehead atoms. The van der Waals surface area contributed by atoms with E-state index in [-0.39, 0.29) is 19.2 Å². The van der Waals surface area contributed by atoms with Crippen LogP contribution in [-0.4, -0.2) is 77.1 Å². The van der Waals surface area contributed by atoms with E-state index in [4.69, 9.17) is 24.1 Å². The lowest BCUT2D eigenvalue weighted by Crippen LogP contribution is -2.16. The van der Waals surface area contributed by atoms with Gasteiger partial charge in [-0.25, -0.2) is 4.79 Å². The summed E-state index contributed by atoms with van der Waals surface area (Å²) in [5.74, 6) is -0.367. The highest BCUT2D eigenvalue weighted by atomic mass is 16.6. The molecular weight excluding hydrogens is 256 g/mol. The van der Waals surface area contributed by atoms with Crippen molar-refractivity contribution in [2.24, 2.45) is 0 Å². The van der Waals surface area contributed by atoms with Crippen molar-refractivity contribution in [3.8, 4) is 0 Å². The first-order chi connectivity index (χ1) is 9.31. The predicted octanol–water partition coefficient (Wildman–Crippen LogP) is -0.392. The van der Waals surface area contributed by atoms with Crippen molar-refractivity contribution in [2.45, 2.75) is 6.92 Å². The van der Waals surface area contributed by atoms with Gasteiger partial charge in [-0.2, -0.15) is 0 Å². The number of carbonyl (C=O) groups is 1. The second-order valence-electron chi connectivity index (χ2n) is 3.42. The Morgan fingerprint density at radius 3 is 1.79 bits per heavy atom. The molecule has 114 valence electrons. The van der Waals surface area contributed by atoms with Crippen molar-refractivity contribution < 1.29 is 33.6 Å². The van der Waals surface area contributed by atoms with Crippen LogP contribution in [0.15, 0.2) is 0 Å². The molecule has 0 heterocycles. The molecule has 0 spiro atoms. The zero-order valence-corrected chi connectivity index (χ0v) is 11.5. The minimum atomic E-state index is -0.367. The first kappa shape index (κ1) is 18.3. The largest absolute Gasteiger partial charge is 0.464 e. The van der Waals surface area contributed by atoms with Crippen molar-refractivity contribution in [3.05, 3.63) is 0 Å². The molecule has 0 amide bonds. The van der Waals surface area contributed by atoms with E-state index in [1.54, 1.807) is 6.92 Å². The van der Waals surface area contributed by atoms with Crippen LogP contribution in [0.25, 0.3) is 0 Å². The van der Waals surface area contributed by atoms with Gasteiger partial charge in [0.05, 0.1) is 59.5 Å². The summed E-state index contributed by atoms with van der Waals surface area (Å²) in [6, 6.07) is 0. The fraction of sp³-hybridized carbons (Fsp3) is 0.917. The molecule has 7 heteroatoms. The fourth-order valence-electron chi connectivity index (χ4n) is 1.08. The minimum Gasteiger partial charge on any atom is -0.464 e. The quantitative estimate of drug-likeness (QED) is 0.342. The van der Waals surface area contributed by atoms with E-state index >= 15 is 0 Å². The number of hydrogen-bond acceptors (Lipinski definition) is 7. The number of aliphatic hydroxyl groups is 1. The zero-order valence-electron chi connectivity index (χ0n) is 11.5. The van der Waals surface area contributed by atoms with Crippen molar-refractivity contribution >= 4 is 5.97 Å². The Balaban J connectivity index is 3.01. The van der Waals surface area contributed by atoms with Crippen molar-refractivity contribution in [2.75, 3.05) is 66.1 Å². The van der Waals surface area contributed by atoms with Crippen LogP contribution in [0, 0.1) is 0 Å². The smallest absolute Gasteiger partial charge is 0.332 e. The summed E-state index contributed by atoms with van der Waals surface area (Å²) in [4.78, 5) is 10.9. The van der Waals surface area contributed by atoms with Gasteiger partial charge in [-0.3, -0.25) is 0 Å². The van der Waals surface area contributed by atoms with Crippen LogP contribution < -0.4 is 0 Å². The van der Waals surface area contributed by atoms with Gasteiger partial charge in [0.2, 0.25) is 0 Å². The van der Waals surface area contributed by atoms with Gasteiger partial charge in [-0.15, -0.1) is 0 Å². The zero-order chi connectivity index (χ0) is 14.2. The van der Waals surface area contributed by atoms with E-state index in [1.807, 2.05) is 0 Å². The van der Waals surface area contributed by atoms with E-state index in [0.717, 1.165) is 0 Å². The Kier molecular flexibility index (Phi) is 14.7. The molecule has 0 saturated heterocycles. The highest BCUT2D eigenvalue weighted by molar-refractivity contribution is 5.70. The van der Waals surface area contributed by atoms with Crippen molar-refractivity contribution in [3.63, 3.8) is 0 Å². The Bertz CT molecular complexity index is 199. The van der Waals surface area contributed by atoms with E-state index in [2.05, 4.69) is 4.74 Å². The molecule has 0 rings (SSSR count). The normalized spacial score (nSPS) is 10.6. The third-order valence-corrected chi connectivity index (χ3v) is 1.88. The molecule has 0 unspecified atom stereocenters. The molecule has 0 aliphatic carbocycles. The highest BCUT2D eigenvalue weighted by Crippen LogP contribution is 1.84. The molecule has 0 atom stereocenters. The number of carbonyl (C=O) groups excluding carboxylic acids is 1. The second kappa shape index (κ2) is 15.3. The van der Waals surface area contributed by atoms with E-state index < -0.39 is 0 Å². The third-order valence-electron chi connectivity index (χ3n) is 1.88. The highest BCUT2D eigenvalue weighted by Gasteiger charge is 2.00. The van der Waals surface area contributed by atoms with Gasteiger partial charge in [0.1, 0.15) is 6.61 Å². The molecule has 7 nitrogen and oxygen atoms in total. The van der Waals surface area contributed by atoms with Crippen LogP contribution in [0.3, 0.4) is 0 Å². The number of hydrogen-bond donors (Lipinski definition) is 1. The first-order valence-electron chi connectivity index (χ1n) is 6.38. The number of esters is 1. The van der Waals surface area contributed by atoms with Crippen LogP contribution in [0.5, 0.6) is 0 Å². The number of rotatable bonds is 14.